The molecule has 0 radical (unpaired) electrons. The van der Waals surface area contributed by atoms with Crippen molar-refractivity contribution in [1.82, 2.24) is 14.5 Å². The first-order valence-electron chi connectivity index (χ1n) is 12.2. The average Bonchev–Trinajstić information content (AvgIpc) is 3.12. The number of hydrogen-bond acceptors (Lipinski definition) is 7. The molecular formula is C27H36N4O6S. The lowest BCUT2D eigenvalue weighted by molar-refractivity contribution is 0.0953. The smallest absolute Gasteiger partial charge is 0.254 e. The molecule has 0 aromatic heterocycles. The van der Waals surface area contributed by atoms with Crippen molar-refractivity contribution in [3.8, 4) is 11.5 Å². The molecule has 11 heteroatoms. The fourth-order valence-corrected chi connectivity index (χ4v) is 4.69. The quantitative estimate of drug-likeness (QED) is 0.412. The summed E-state index contributed by atoms with van der Waals surface area (Å²) in [6, 6.07) is 6.49. The number of nitrogens with one attached hydrogen (secondary N) is 2. The first-order chi connectivity index (χ1) is 17.6. The predicted molar refractivity (Wildman–Crippen MR) is 146 cm³/mol. The normalized spacial score (nSPS) is 13.6. The number of benzene rings is 2. The van der Waals surface area contributed by atoms with Gasteiger partial charge in [0.15, 0.2) is 5.78 Å². The molecule has 0 bridgehead atoms. The van der Waals surface area contributed by atoms with Crippen molar-refractivity contribution in [2.24, 2.45) is 0 Å². The maximum absolute atomic E-state index is 13.5. The predicted octanol–water partition coefficient (Wildman–Crippen LogP) is 2.86. The number of hydrogen-bond donors (Lipinski definition) is 3. The van der Waals surface area contributed by atoms with Gasteiger partial charge in [-0.15, -0.1) is 0 Å². The van der Waals surface area contributed by atoms with Crippen molar-refractivity contribution >= 4 is 27.5 Å². The largest absolute Gasteiger partial charge is 0.507 e. The zero-order valence-electron chi connectivity index (χ0n) is 22.9. The molecule has 2 aromatic carbocycles. The van der Waals surface area contributed by atoms with Gasteiger partial charge in [-0.2, -0.15) is 0 Å². The number of Topliss-reactive ketones (excluding diaryl/α,β-unsaturated/α-hetero) is 1. The van der Waals surface area contributed by atoms with Crippen LogP contribution in [-0.2, 0) is 28.5 Å². The number of phenols is 1. The molecule has 2 aromatic rings. The van der Waals surface area contributed by atoms with Crippen molar-refractivity contribution < 1.29 is 27.9 Å². The molecule has 1 aliphatic heterocycles. The van der Waals surface area contributed by atoms with Crippen LogP contribution in [0.2, 0.25) is 0 Å². The lowest BCUT2D eigenvalue weighted by Crippen LogP contribution is -2.31. The minimum absolute atomic E-state index is 0.0453. The summed E-state index contributed by atoms with van der Waals surface area (Å²) in [6.07, 6.45) is 1.08. The van der Waals surface area contributed by atoms with Gasteiger partial charge >= 0.3 is 0 Å². The molecule has 1 aliphatic rings. The fourth-order valence-electron chi connectivity index (χ4n) is 4.32. The van der Waals surface area contributed by atoms with E-state index in [0.29, 0.717) is 46.7 Å². The molecule has 206 valence electrons. The Labute approximate surface area is 224 Å². The first-order valence-corrected chi connectivity index (χ1v) is 14.1. The third kappa shape index (κ3) is 5.99. The van der Waals surface area contributed by atoms with E-state index in [1.807, 2.05) is 27.7 Å². The van der Waals surface area contributed by atoms with E-state index in [1.165, 1.54) is 20.2 Å². The molecule has 1 heterocycles. The molecule has 0 unspecified atom stereocenters. The Morgan fingerprint density at radius 1 is 1.21 bits per heavy atom. The van der Waals surface area contributed by atoms with Crippen molar-refractivity contribution in [3.05, 3.63) is 57.6 Å². The Morgan fingerprint density at radius 2 is 1.87 bits per heavy atom. The van der Waals surface area contributed by atoms with E-state index >= 15 is 0 Å². The number of aromatic hydroxyl groups is 1. The van der Waals surface area contributed by atoms with E-state index in [9.17, 15) is 23.1 Å². The van der Waals surface area contributed by atoms with Crippen LogP contribution in [0, 0.1) is 5.41 Å². The SMILES string of the molecule is CCOc1cc2c(cc1C(=O)NC)C(=N)N(CC(=O)c1cc(CN(C)S(C)(=O)=O)c(O)c(C(C)(C)C)c1)C2. The van der Waals surface area contributed by atoms with Crippen LogP contribution in [-0.4, -0.2) is 73.8 Å². The number of amides is 1. The zero-order valence-corrected chi connectivity index (χ0v) is 23.7. The summed E-state index contributed by atoms with van der Waals surface area (Å²) in [6.45, 7) is 7.97. The lowest BCUT2D eigenvalue weighted by atomic mass is 9.83. The number of sulfonamides is 1. The van der Waals surface area contributed by atoms with Crippen LogP contribution in [0.3, 0.4) is 0 Å². The van der Waals surface area contributed by atoms with Crippen LogP contribution in [0.15, 0.2) is 24.3 Å². The Morgan fingerprint density at radius 3 is 2.42 bits per heavy atom. The molecule has 1 amide bonds. The second-order valence-electron chi connectivity index (χ2n) is 10.4. The van der Waals surface area contributed by atoms with Gasteiger partial charge in [0.1, 0.15) is 17.3 Å². The molecule has 0 spiro atoms. The topological polar surface area (TPSA) is 140 Å². The highest BCUT2D eigenvalue weighted by Gasteiger charge is 2.30. The maximum Gasteiger partial charge on any atom is 0.254 e. The number of ketones is 1. The van der Waals surface area contributed by atoms with Crippen molar-refractivity contribution in [3.63, 3.8) is 0 Å². The Balaban J connectivity index is 1.95. The van der Waals surface area contributed by atoms with E-state index in [1.54, 1.807) is 23.1 Å². The van der Waals surface area contributed by atoms with Crippen LogP contribution in [0.5, 0.6) is 11.5 Å². The van der Waals surface area contributed by atoms with Crippen LogP contribution >= 0.6 is 0 Å². The average molecular weight is 545 g/mol. The van der Waals surface area contributed by atoms with E-state index in [4.69, 9.17) is 10.1 Å². The van der Waals surface area contributed by atoms with E-state index in [0.717, 1.165) is 16.1 Å². The van der Waals surface area contributed by atoms with Gasteiger partial charge in [0.05, 0.1) is 25.0 Å². The lowest BCUT2D eigenvalue weighted by Gasteiger charge is -2.25. The minimum atomic E-state index is -3.51. The van der Waals surface area contributed by atoms with Crippen molar-refractivity contribution in [2.75, 3.05) is 33.5 Å². The summed E-state index contributed by atoms with van der Waals surface area (Å²) in [4.78, 5) is 27.5. The standard InChI is InChI=1S/C27H36N4O6S/c1-8-37-23-11-17-14-31(25(28)19(17)12-20(23)26(34)29-5)15-22(32)16-9-18(13-30(6)38(7,35)36)24(33)21(10-16)27(2,3)4/h9-12,28,33H,8,13-15H2,1-7H3,(H,29,34). The van der Waals surface area contributed by atoms with Gasteiger partial charge in [0, 0.05) is 49.4 Å². The fraction of sp³-hybridized carbons (Fsp3) is 0.444. The summed E-state index contributed by atoms with van der Waals surface area (Å²) in [5.41, 5.74) is 2.29. The Bertz CT molecular complexity index is 1400. The van der Waals surface area contributed by atoms with Crippen LogP contribution in [0.4, 0.5) is 0 Å². The molecule has 0 saturated heterocycles. The van der Waals surface area contributed by atoms with Gasteiger partial charge in [-0.25, -0.2) is 12.7 Å². The number of fused-ring (bicyclic) bond motifs is 1. The van der Waals surface area contributed by atoms with Crippen LogP contribution < -0.4 is 10.1 Å². The molecule has 0 atom stereocenters. The Hall–Kier alpha value is -3.44. The summed E-state index contributed by atoms with van der Waals surface area (Å²) >= 11 is 0. The number of phenolic OH excluding ortho intramolecular Hbond substituents is 1. The Kier molecular flexibility index (Phi) is 8.23. The van der Waals surface area contributed by atoms with Gasteiger partial charge in [0.25, 0.3) is 5.91 Å². The molecule has 10 nitrogen and oxygen atoms in total. The molecule has 38 heavy (non-hydrogen) atoms. The van der Waals surface area contributed by atoms with Crippen molar-refractivity contribution in [2.45, 2.75) is 46.2 Å². The summed E-state index contributed by atoms with van der Waals surface area (Å²) in [5.74, 6) is -0.124. The van der Waals surface area contributed by atoms with Gasteiger partial charge in [-0.1, -0.05) is 20.8 Å². The van der Waals surface area contributed by atoms with Crippen LogP contribution in [0.25, 0.3) is 0 Å². The number of ether oxygens (including phenoxy) is 1. The number of rotatable bonds is 9. The minimum Gasteiger partial charge on any atom is -0.507 e. The highest BCUT2D eigenvalue weighted by molar-refractivity contribution is 7.88. The van der Waals surface area contributed by atoms with E-state index in [-0.39, 0.29) is 36.4 Å². The first kappa shape index (κ1) is 29.1. The zero-order chi connectivity index (χ0) is 28.6. The number of carbonyl (C=O) groups excluding carboxylic acids is 2. The van der Waals surface area contributed by atoms with Crippen LogP contribution in [0.1, 0.15) is 70.7 Å². The second kappa shape index (κ2) is 10.7. The third-order valence-corrected chi connectivity index (χ3v) is 7.78. The van der Waals surface area contributed by atoms with Crippen molar-refractivity contribution in [1.29, 1.82) is 5.41 Å². The highest BCUT2D eigenvalue weighted by Crippen LogP contribution is 2.36. The number of nitrogens with zero attached hydrogens (tertiary/aromatic N) is 2. The summed E-state index contributed by atoms with van der Waals surface area (Å²) in [5, 5.41) is 22.2. The molecule has 0 aliphatic carbocycles. The monoisotopic (exact) mass is 544 g/mol. The molecule has 0 fully saturated rings. The third-order valence-electron chi connectivity index (χ3n) is 6.52. The highest BCUT2D eigenvalue weighted by atomic mass is 32.2. The summed E-state index contributed by atoms with van der Waals surface area (Å²) < 4.78 is 30.7. The van der Waals surface area contributed by atoms with Gasteiger partial charge in [0.2, 0.25) is 10.0 Å². The van der Waals surface area contributed by atoms with E-state index in [2.05, 4.69) is 5.32 Å². The molecule has 3 rings (SSSR count). The molecule has 0 saturated carbocycles. The molecular weight excluding hydrogens is 508 g/mol. The van der Waals surface area contributed by atoms with Gasteiger partial charge in [-0.3, -0.25) is 15.0 Å². The second-order valence-corrected chi connectivity index (χ2v) is 12.5. The van der Waals surface area contributed by atoms with Gasteiger partial charge < -0.3 is 20.1 Å². The molecule has 3 N–H and O–H groups in total. The number of amidine groups is 1. The summed E-state index contributed by atoms with van der Waals surface area (Å²) in [7, 11) is -0.583. The number of carbonyl (C=O) groups is 2. The van der Waals surface area contributed by atoms with Gasteiger partial charge in [-0.05, 0) is 42.2 Å². The maximum atomic E-state index is 13.5. The van der Waals surface area contributed by atoms with E-state index < -0.39 is 15.4 Å².